The van der Waals surface area contributed by atoms with Crippen molar-refractivity contribution in [2.24, 2.45) is 0 Å². The average Bonchev–Trinajstić information content (AvgIpc) is 2.54. The van der Waals surface area contributed by atoms with E-state index in [4.69, 9.17) is 0 Å². The highest BCUT2D eigenvalue weighted by Crippen LogP contribution is 2.16. The lowest BCUT2D eigenvalue weighted by Crippen LogP contribution is -2.14. The van der Waals surface area contributed by atoms with Crippen LogP contribution in [0.3, 0.4) is 0 Å². The number of hydrogen-bond acceptors (Lipinski definition) is 4. The number of amides is 1. The maximum Gasteiger partial charge on any atom is 0.224 e. The van der Waals surface area contributed by atoms with Crippen LogP contribution in [0.1, 0.15) is 34.3 Å². The van der Waals surface area contributed by atoms with E-state index in [0.717, 1.165) is 17.4 Å². The van der Waals surface area contributed by atoms with Crippen molar-refractivity contribution in [3.8, 4) is 0 Å². The van der Waals surface area contributed by atoms with E-state index in [1.807, 2.05) is 26.0 Å². The number of rotatable bonds is 6. The summed E-state index contributed by atoms with van der Waals surface area (Å²) in [6, 6.07) is 11.5. The van der Waals surface area contributed by atoms with Gasteiger partial charge in [-0.2, -0.15) is 0 Å². The number of carbonyl (C=O) groups excluding carboxylic acids is 2. The van der Waals surface area contributed by atoms with Gasteiger partial charge < -0.3 is 5.32 Å². The zero-order chi connectivity index (χ0) is 18.6. The third kappa shape index (κ3) is 5.26. The average molecular weight is 359 g/mol. The predicted octanol–water partition coefficient (Wildman–Crippen LogP) is 3.31. The van der Waals surface area contributed by atoms with Crippen LogP contribution in [0.2, 0.25) is 0 Å². The maximum atomic E-state index is 12.2. The summed E-state index contributed by atoms with van der Waals surface area (Å²) in [5.41, 5.74) is 3.13. The Hall–Kier alpha value is -2.47. The summed E-state index contributed by atoms with van der Waals surface area (Å²) in [6.07, 6.45) is 1.24. The Morgan fingerprint density at radius 2 is 1.68 bits per heavy atom. The minimum Gasteiger partial charge on any atom is -0.326 e. The molecule has 0 spiro atoms. The van der Waals surface area contributed by atoms with E-state index in [0.29, 0.717) is 11.3 Å². The highest BCUT2D eigenvalue weighted by molar-refractivity contribution is 7.90. The van der Waals surface area contributed by atoms with Crippen molar-refractivity contribution in [1.82, 2.24) is 0 Å². The van der Waals surface area contributed by atoms with Gasteiger partial charge in [-0.15, -0.1) is 0 Å². The Morgan fingerprint density at radius 1 is 0.960 bits per heavy atom. The lowest BCUT2D eigenvalue weighted by Gasteiger charge is -2.07. The Balaban J connectivity index is 1.96. The number of sulfone groups is 1. The summed E-state index contributed by atoms with van der Waals surface area (Å²) in [4.78, 5) is 24.3. The first-order valence-electron chi connectivity index (χ1n) is 7.87. The fraction of sp³-hybridized carbons (Fsp3) is 0.263. The Labute approximate surface area is 148 Å². The third-order valence-corrected chi connectivity index (χ3v) is 5.06. The molecule has 2 aromatic carbocycles. The van der Waals surface area contributed by atoms with Gasteiger partial charge in [-0.1, -0.05) is 18.2 Å². The summed E-state index contributed by atoms with van der Waals surface area (Å²) >= 11 is 0. The molecule has 0 atom stereocenters. The summed E-state index contributed by atoms with van der Waals surface area (Å²) in [5.74, 6) is -0.425. The molecule has 6 heteroatoms. The number of ketones is 1. The van der Waals surface area contributed by atoms with E-state index in [9.17, 15) is 18.0 Å². The van der Waals surface area contributed by atoms with Crippen LogP contribution in [0.25, 0.3) is 0 Å². The maximum absolute atomic E-state index is 12.2. The first-order valence-corrected chi connectivity index (χ1v) is 9.76. The molecule has 0 saturated carbocycles. The molecule has 0 aliphatic carbocycles. The predicted molar refractivity (Wildman–Crippen MR) is 97.7 cm³/mol. The summed E-state index contributed by atoms with van der Waals surface area (Å²) in [7, 11) is -3.34. The molecule has 25 heavy (non-hydrogen) atoms. The lowest BCUT2D eigenvalue weighted by molar-refractivity contribution is -0.116. The summed E-state index contributed by atoms with van der Waals surface area (Å²) < 4.78 is 23.1. The van der Waals surface area contributed by atoms with Crippen molar-refractivity contribution in [2.75, 3.05) is 11.6 Å². The number of Topliss-reactive ketones (excluding diaryl/α,β-unsaturated/α-hetero) is 1. The number of hydrogen-bond donors (Lipinski definition) is 1. The molecule has 5 nitrogen and oxygen atoms in total. The topological polar surface area (TPSA) is 80.3 Å². The van der Waals surface area contributed by atoms with Crippen LogP contribution in [0, 0.1) is 13.8 Å². The van der Waals surface area contributed by atoms with Crippen LogP contribution in [-0.4, -0.2) is 26.4 Å². The van der Waals surface area contributed by atoms with Crippen LogP contribution in [0.5, 0.6) is 0 Å². The standard InChI is InChI=1S/C19H21NO4S/c1-13-7-8-15(11-14(13)2)18(21)9-10-19(22)20-16-5-4-6-17(12-16)25(3,23)24/h4-8,11-12H,9-10H2,1-3H3,(H,20,22). The largest absolute Gasteiger partial charge is 0.326 e. The molecule has 0 fully saturated rings. The lowest BCUT2D eigenvalue weighted by atomic mass is 10.0. The number of anilines is 1. The Morgan fingerprint density at radius 3 is 2.32 bits per heavy atom. The van der Waals surface area contributed by atoms with Gasteiger partial charge in [0.1, 0.15) is 0 Å². The first kappa shape index (κ1) is 18.9. The smallest absolute Gasteiger partial charge is 0.224 e. The quantitative estimate of drug-likeness (QED) is 0.803. The molecular weight excluding hydrogens is 338 g/mol. The Kier molecular flexibility index (Phi) is 5.74. The minimum atomic E-state index is -3.34. The summed E-state index contributed by atoms with van der Waals surface area (Å²) in [6.45, 7) is 3.91. The molecular formula is C19H21NO4S. The van der Waals surface area contributed by atoms with Gasteiger partial charge in [0.15, 0.2) is 15.6 Å². The van der Waals surface area contributed by atoms with Gasteiger partial charge in [0, 0.05) is 30.3 Å². The van der Waals surface area contributed by atoms with E-state index in [-0.39, 0.29) is 29.4 Å². The fourth-order valence-corrected chi connectivity index (χ4v) is 2.98. The second-order valence-corrected chi connectivity index (χ2v) is 8.09. The van der Waals surface area contributed by atoms with Gasteiger partial charge in [-0.25, -0.2) is 8.42 Å². The molecule has 0 saturated heterocycles. The van der Waals surface area contributed by atoms with Gasteiger partial charge >= 0.3 is 0 Å². The van der Waals surface area contributed by atoms with Crippen molar-refractivity contribution >= 4 is 27.2 Å². The molecule has 2 aromatic rings. The van der Waals surface area contributed by atoms with Gasteiger partial charge in [-0.3, -0.25) is 9.59 Å². The highest BCUT2D eigenvalue weighted by Gasteiger charge is 2.12. The molecule has 2 rings (SSSR count). The summed E-state index contributed by atoms with van der Waals surface area (Å²) in [5, 5.41) is 2.63. The Bertz CT molecular complexity index is 917. The van der Waals surface area contributed by atoms with Crippen LogP contribution in [-0.2, 0) is 14.6 Å². The zero-order valence-corrected chi connectivity index (χ0v) is 15.3. The highest BCUT2D eigenvalue weighted by atomic mass is 32.2. The molecule has 132 valence electrons. The van der Waals surface area contributed by atoms with Gasteiger partial charge in [-0.05, 0) is 49.2 Å². The van der Waals surface area contributed by atoms with Crippen molar-refractivity contribution in [2.45, 2.75) is 31.6 Å². The fourth-order valence-electron chi connectivity index (χ4n) is 2.31. The zero-order valence-electron chi connectivity index (χ0n) is 14.5. The number of aryl methyl sites for hydroxylation is 2. The first-order chi connectivity index (χ1) is 11.7. The molecule has 0 aliphatic heterocycles. The van der Waals surface area contributed by atoms with E-state index >= 15 is 0 Å². The van der Waals surface area contributed by atoms with Gasteiger partial charge in [0.25, 0.3) is 0 Å². The van der Waals surface area contributed by atoms with Gasteiger partial charge in [0.05, 0.1) is 4.90 Å². The second-order valence-electron chi connectivity index (χ2n) is 6.07. The van der Waals surface area contributed by atoms with Crippen LogP contribution < -0.4 is 5.32 Å². The number of carbonyl (C=O) groups is 2. The van der Waals surface area contributed by atoms with E-state index in [1.54, 1.807) is 18.2 Å². The van der Waals surface area contributed by atoms with Crippen molar-refractivity contribution in [3.63, 3.8) is 0 Å². The van der Waals surface area contributed by atoms with Crippen molar-refractivity contribution < 1.29 is 18.0 Å². The van der Waals surface area contributed by atoms with Crippen molar-refractivity contribution in [3.05, 3.63) is 59.2 Å². The third-order valence-electron chi connectivity index (χ3n) is 3.95. The van der Waals surface area contributed by atoms with Crippen LogP contribution in [0.4, 0.5) is 5.69 Å². The number of benzene rings is 2. The van der Waals surface area contributed by atoms with Gasteiger partial charge in [0.2, 0.25) is 5.91 Å². The van der Waals surface area contributed by atoms with Crippen LogP contribution in [0.15, 0.2) is 47.4 Å². The molecule has 0 bridgehead atoms. The van der Waals surface area contributed by atoms with Crippen molar-refractivity contribution in [1.29, 1.82) is 0 Å². The SMILES string of the molecule is Cc1ccc(C(=O)CCC(=O)Nc2cccc(S(C)(=O)=O)c2)cc1C. The molecule has 0 aliphatic rings. The monoisotopic (exact) mass is 359 g/mol. The second kappa shape index (κ2) is 7.61. The molecule has 0 unspecified atom stereocenters. The molecule has 0 radical (unpaired) electrons. The molecule has 1 amide bonds. The molecule has 1 N–H and O–H groups in total. The van der Waals surface area contributed by atoms with E-state index in [2.05, 4.69) is 5.32 Å². The van der Waals surface area contributed by atoms with E-state index < -0.39 is 9.84 Å². The normalized spacial score (nSPS) is 11.2. The minimum absolute atomic E-state index is 0.0366. The van der Waals surface area contributed by atoms with E-state index in [1.165, 1.54) is 12.1 Å². The number of nitrogens with one attached hydrogen (secondary N) is 1. The molecule has 0 aromatic heterocycles. The van der Waals surface area contributed by atoms with Crippen LogP contribution >= 0.6 is 0 Å². The molecule has 0 heterocycles.